The first-order valence-corrected chi connectivity index (χ1v) is 5.34. The zero-order valence-corrected chi connectivity index (χ0v) is 9.52. The van der Waals surface area contributed by atoms with E-state index in [1.54, 1.807) is 0 Å². The van der Waals surface area contributed by atoms with Gasteiger partial charge < -0.3 is 15.2 Å². The number of hydrogen-bond acceptors (Lipinski definition) is 5. The van der Waals surface area contributed by atoms with Crippen LogP contribution in [0, 0.1) is 0 Å². The summed E-state index contributed by atoms with van der Waals surface area (Å²) in [6, 6.07) is 13.5. The Kier molecular flexibility index (Phi) is 3.76. The molecule has 0 aliphatic carbocycles. The molecule has 92 valence electrons. The summed E-state index contributed by atoms with van der Waals surface area (Å²) in [6.07, 6.45) is 1.02. The molecule has 2 aromatic carbocycles. The van der Waals surface area contributed by atoms with E-state index in [0.717, 1.165) is 17.0 Å². The topological polar surface area (TPSA) is 74.4 Å². The second-order valence-corrected chi connectivity index (χ2v) is 3.60. The summed E-state index contributed by atoms with van der Waals surface area (Å²) in [4.78, 5) is 0. The SMILES string of the molecule is O/N=C(/C=N/O)COc1cccc2ccccc12. The van der Waals surface area contributed by atoms with E-state index in [-0.39, 0.29) is 12.3 Å². The molecule has 0 radical (unpaired) electrons. The molecular formula is C13H12N2O3. The molecule has 0 heterocycles. The largest absolute Gasteiger partial charge is 0.486 e. The Morgan fingerprint density at radius 1 is 1.11 bits per heavy atom. The van der Waals surface area contributed by atoms with Gasteiger partial charge in [-0.25, -0.2) is 0 Å². The van der Waals surface area contributed by atoms with E-state index in [9.17, 15) is 0 Å². The van der Waals surface area contributed by atoms with Crippen LogP contribution in [-0.2, 0) is 0 Å². The monoisotopic (exact) mass is 244 g/mol. The Bertz CT molecular complexity index is 588. The highest BCUT2D eigenvalue weighted by molar-refractivity contribution is 6.31. The van der Waals surface area contributed by atoms with Gasteiger partial charge in [0.15, 0.2) is 0 Å². The normalized spacial score (nSPS) is 12.1. The van der Waals surface area contributed by atoms with Gasteiger partial charge in [0.25, 0.3) is 0 Å². The van der Waals surface area contributed by atoms with Crippen LogP contribution in [0.1, 0.15) is 0 Å². The third-order valence-corrected chi connectivity index (χ3v) is 2.46. The Balaban J connectivity index is 2.22. The van der Waals surface area contributed by atoms with Crippen molar-refractivity contribution in [3.05, 3.63) is 42.5 Å². The highest BCUT2D eigenvalue weighted by atomic mass is 16.5. The number of benzene rings is 2. The summed E-state index contributed by atoms with van der Waals surface area (Å²) in [6.45, 7) is 0.0224. The molecular weight excluding hydrogens is 232 g/mol. The van der Waals surface area contributed by atoms with E-state index in [1.165, 1.54) is 0 Å². The van der Waals surface area contributed by atoms with E-state index < -0.39 is 0 Å². The first-order chi connectivity index (χ1) is 8.85. The van der Waals surface area contributed by atoms with Crippen LogP contribution >= 0.6 is 0 Å². The Hall–Kier alpha value is -2.56. The summed E-state index contributed by atoms with van der Waals surface area (Å²) in [5.74, 6) is 0.681. The molecule has 2 N–H and O–H groups in total. The third-order valence-electron chi connectivity index (χ3n) is 2.46. The van der Waals surface area contributed by atoms with Crippen molar-refractivity contribution in [2.45, 2.75) is 0 Å². The van der Waals surface area contributed by atoms with Gasteiger partial charge >= 0.3 is 0 Å². The van der Waals surface area contributed by atoms with Gasteiger partial charge in [-0.2, -0.15) is 0 Å². The molecule has 0 aromatic heterocycles. The molecule has 0 saturated carbocycles. The smallest absolute Gasteiger partial charge is 0.138 e. The second kappa shape index (κ2) is 5.67. The van der Waals surface area contributed by atoms with Crippen LogP contribution in [-0.4, -0.2) is 28.9 Å². The van der Waals surface area contributed by atoms with Gasteiger partial charge in [0, 0.05) is 5.39 Å². The lowest BCUT2D eigenvalue weighted by Crippen LogP contribution is -2.13. The van der Waals surface area contributed by atoms with Crippen molar-refractivity contribution >= 4 is 22.7 Å². The summed E-state index contributed by atoms with van der Waals surface area (Å²) in [5, 5.41) is 24.8. The Morgan fingerprint density at radius 3 is 2.67 bits per heavy atom. The predicted octanol–water partition coefficient (Wildman–Crippen LogP) is 2.51. The maximum absolute atomic E-state index is 8.65. The minimum atomic E-state index is 0.0224. The quantitative estimate of drug-likeness (QED) is 0.493. The lowest BCUT2D eigenvalue weighted by atomic mass is 10.1. The number of ether oxygens (including phenoxy) is 1. The Labute approximate surface area is 104 Å². The lowest BCUT2D eigenvalue weighted by molar-refractivity contribution is 0.307. The fraction of sp³-hybridized carbons (Fsp3) is 0.0769. The van der Waals surface area contributed by atoms with Crippen LogP contribution in [0.3, 0.4) is 0 Å². The molecule has 0 saturated heterocycles. The van der Waals surface area contributed by atoms with E-state index in [0.29, 0.717) is 5.75 Å². The van der Waals surface area contributed by atoms with Crippen LogP contribution in [0.4, 0.5) is 0 Å². The highest BCUT2D eigenvalue weighted by Crippen LogP contribution is 2.24. The molecule has 0 aliphatic heterocycles. The number of nitrogens with zero attached hydrogens (tertiary/aromatic N) is 2. The van der Waals surface area contributed by atoms with E-state index in [4.69, 9.17) is 15.2 Å². The predicted molar refractivity (Wildman–Crippen MR) is 68.9 cm³/mol. The van der Waals surface area contributed by atoms with Crippen molar-refractivity contribution in [3.8, 4) is 5.75 Å². The molecule has 0 amide bonds. The van der Waals surface area contributed by atoms with Crippen LogP contribution < -0.4 is 4.74 Å². The zero-order valence-electron chi connectivity index (χ0n) is 9.52. The second-order valence-electron chi connectivity index (χ2n) is 3.60. The molecule has 2 rings (SSSR count). The first kappa shape index (κ1) is 11.9. The number of hydrogen-bond donors (Lipinski definition) is 2. The van der Waals surface area contributed by atoms with Crippen LogP contribution in [0.5, 0.6) is 5.75 Å². The minimum absolute atomic E-state index is 0.0224. The highest BCUT2D eigenvalue weighted by Gasteiger charge is 2.03. The van der Waals surface area contributed by atoms with Crippen molar-refractivity contribution < 1.29 is 15.2 Å². The van der Waals surface area contributed by atoms with Gasteiger partial charge in [0.1, 0.15) is 18.1 Å². The molecule has 0 spiro atoms. The molecule has 2 aromatic rings. The summed E-state index contributed by atoms with van der Waals surface area (Å²) in [5.41, 5.74) is 0.130. The standard InChI is InChI=1S/C13H12N2O3/c16-14-8-11(15-17)9-18-13-7-3-5-10-4-1-2-6-12(10)13/h1-8,16-17H,9H2/b14-8+,15-11-. The van der Waals surface area contributed by atoms with Gasteiger partial charge in [-0.1, -0.05) is 46.7 Å². The van der Waals surface area contributed by atoms with E-state index in [2.05, 4.69) is 10.3 Å². The minimum Gasteiger partial charge on any atom is -0.486 e. The molecule has 5 nitrogen and oxygen atoms in total. The van der Waals surface area contributed by atoms with Crippen molar-refractivity contribution in [3.63, 3.8) is 0 Å². The molecule has 0 fully saturated rings. The summed E-state index contributed by atoms with van der Waals surface area (Å²) < 4.78 is 5.53. The van der Waals surface area contributed by atoms with Crippen molar-refractivity contribution in [1.29, 1.82) is 0 Å². The van der Waals surface area contributed by atoms with Gasteiger partial charge in [-0.05, 0) is 11.5 Å². The maximum atomic E-state index is 8.65. The average Bonchev–Trinajstić information content (AvgIpc) is 2.43. The van der Waals surface area contributed by atoms with Gasteiger partial charge in [0.2, 0.25) is 0 Å². The maximum Gasteiger partial charge on any atom is 0.138 e. The molecule has 18 heavy (non-hydrogen) atoms. The van der Waals surface area contributed by atoms with Crippen LogP contribution in [0.25, 0.3) is 10.8 Å². The molecule has 5 heteroatoms. The van der Waals surface area contributed by atoms with Crippen molar-refractivity contribution in [2.24, 2.45) is 10.3 Å². The van der Waals surface area contributed by atoms with Crippen molar-refractivity contribution in [2.75, 3.05) is 6.61 Å². The number of fused-ring (bicyclic) bond motifs is 1. The first-order valence-electron chi connectivity index (χ1n) is 5.34. The third kappa shape index (κ3) is 2.57. The molecule has 0 unspecified atom stereocenters. The van der Waals surface area contributed by atoms with Crippen LogP contribution in [0.2, 0.25) is 0 Å². The van der Waals surface area contributed by atoms with Gasteiger partial charge in [-0.15, -0.1) is 0 Å². The van der Waals surface area contributed by atoms with Crippen LogP contribution in [0.15, 0.2) is 52.8 Å². The fourth-order valence-electron chi connectivity index (χ4n) is 1.63. The molecule has 0 bridgehead atoms. The summed E-state index contributed by atoms with van der Waals surface area (Å²) >= 11 is 0. The molecule has 0 atom stereocenters. The van der Waals surface area contributed by atoms with Gasteiger partial charge in [-0.3, -0.25) is 0 Å². The Morgan fingerprint density at radius 2 is 1.89 bits per heavy atom. The number of rotatable bonds is 4. The molecule has 0 aliphatic rings. The lowest BCUT2D eigenvalue weighted by Gasteiger charge is -2.08. The fourth-order valence-corrected chi connectivity index (χ4v) is 1.63. The zero-order chi connectivity index (χ0) is 12.8. The number of oxime groups is 2. The average molecular weight is 244 g/mol. The summed E-state index contributed by atoms with van der Waals surface area (Å²) in [7, 11) is 0. The van der Waals surface area contributed by atoms with E-state index in [1.807, 2.05) is 42.5 Å². The van der Waals surface area contributed by atoms with E-state index >= 15 is 0 Å². The van der Waals surface area contributed by atoms with Gasteiger partial charge in [0.05, 0.1) is 6.21 Å². The van der Waals surface area contributed by atoms with Crippen molar-refractivity contribution in [1.82, 2.24) is 0 Å².